The van der Waals surface area contributed by atoms with Gasteiger partial charge in [-0.3, -0.25) is 0 Å². The molecule has 0 amide bonds. The fourth-order valence-electron chi connectivity index (χ4n) is 1.53. The van der Waals surface area contributed by atoms with E-state index in [4.69, 9.17) is 0 Å². The zero-order valence-corrected chi connectivity index (χ0v) is 8.04. The molecule has 2 heterocycles. The van der Waals surface area contributed by atoms with Crippen LogP contribution in [0.1, 0.15) is 12.8 Å². The van der Waals surface area contributed by atoms with Crippen molar-refractivity contribution in [1.29, 1.82) is 0 Å². The summed E-state index contributed by atoms with van der Waals surface area (Å²) in [5.41, 5.74) is 1.74. The van der Waals surface area contributed by atoms with Crippen molar-refractivity contribution in [3.05, 3.63) is 5.51 Å². The van der Waals surface area contributed by atoms with Crippen molar-refractivity contribution >= 4 is 22.8 Å². The third-order valence-electron chi connectivity index (χ3n) is 2.35. The standard InChI is InChI=1S/C8H11N3OS/c12-5-7-1-3-11(4-2-7)8-10-9-6-13-8/h5-7H,1-4H2. The summed E-state index contributed by atoms with van der Waals surface area (Å²) >= 11 is 1.55. The van der Waals surface area contributed by atoms with E-state index in [1.807, 2.05) is 0 Å². The average Bonchev–Trinajstić information content (AvgIpc) is 2.71. The second kappa shape index (κ2) is 3.83. The number of hydrogen-bond acceptors (Lipinski definition) is 5. The lowest BCUT2D eigenvalue weighted by atomic mass is 9.99. The van der Waals surface area contributed by atoms with Gasteiger partial charge in [-0.15, -0.1) is 10.2 Å². The molecule has 1 fully saturated rings. The van der Waals surface area contributed by atoms with Gasteiger partial charge in [-0.1, -0.05) is 11.3 Å². The molecule has 0 radical (unpaired) electrons. The highest BCUT2D eigenvalue weighted by Crippen LogP contribution is 2.22. The van der Waals surface area contributed by atoms with Crippen LogP contribution in [0.2, 0.25) is 0 Å². The van der Waals surface area contributed by atoms with Gasteiger partial charge in [0.25, 0.3) is 0 Å². The number of hydrogen-bond donors (Lipinski definition) is 0. The molecule has 4 nitrogen and oxygen atoms in total. The quantitative estimate of drug-likeness (QED) is 0.662. The number of rotatable bonds is 2. The second-order valence-corrected chi connectivity index (χ2v) is 3.99. The molecule has 70 valence electrons. The maximum absolute atomic E-state index is 10.5. The molecule has 0 atom stereocenters. The number of carbonyl (C=O) groups excluding carboxylic acids is 1. The fraction of sp³-hybridized carbons (Fsp3) is 0.625. The van der Waals surface area contributed by atoms with Gasteiger partial charge < -0.3 is 9.69 Å². The van der Waals surface area contributed by atoms with E-state index in [1.54, 1.807) is 16.8 Å². The van der Waals surface area contributed by atoms with Crippen LogP contribution < -0.4 is 4.90 Å². The van der Waals surface area contributed by atoms with Crippen LogP contribution in [0.3, 0.4) is 0 Å². The highest BCUT2D eigenvalue weighted by Gasteiger charge is 2.19. The van der Waals surface area contributed by atoms with E-state index in [9.17, 15) is 4.79 Å². The lowest BCUT2D eigenvalue weighted by molar-refractivity contribution is -0.111. The van der Waals surface area contributed by atoms with Crippen molar-refractivity contribution in [3.63, 3.8) is 0 Å². The molecule has 1 saturated heterocycles. The summed E-state index contributed by atoms with van der Waals surface area (Å²) < 4.78 is 0. The number of piperidine rings is 1. The molecule has 2 rings (SSSR count). The Morgan fingerprint density at radius 1 is 1.54 bits per heavy atom. The summed E-state index contributed by atoms with van der Waals surface area (Å²) in [5, 5.41) is 8.77. The van der Waals surface area contributed by atoms with Crippen LogP contribution in [0.5, 0.6) is 0 Å². The fourth-order valence-corrected chi connectivity index (χ4v) is 2.15. The Kier molecular flexibility index (Phi) is 2.54. The molecule has 0 aromatic carbocycles. The lowest BCUT2D eigenvalue weighted by Crippen LogP contribution is -2.33. The number of carbonyl (C=O) groups is 1. The average molecular weight is 197 g/mol. The molecule has 0 unspecified atom stereocenters. The summed E-state index contributed by atoms with van der Waals surface area (Å²) in [4.78, 5) is 12.7. The van der Waals surface area contributed by atoms with Gasteiger partial charge in [0, 0.05) is 19.0 Å². The first-order valence-electron chi connectivity index (χ1n) is 4.36. The Morgan fingerprint density at radius 3 is 2.85 bits per heavy atom. The molecule has 0 saturated carbocycles. The summed E-state index contributed by atoms with van der Waals surface area (Å²) in [6.07, 6.45) is 2.96. The van der Waals surface area contributed by atoms with Crippen LogP contribution in [-0.2, 0) is 4.79 Å². The highest BCUT2D eigenvalue weighted by molar-refractivity contribution is 7.13. The maximum Gasteiger partial charge on any atom is 0.208 e. The van der Waals surface area contributed by atoms with E-state index in [1.165, 1.54) is 0 Å². The zero-order chi connectivity index (χ0) is 9.10. The van der Waals surface area contributed by atoms with E-state index in [0.717, 1.165) is 37.3 Å². The van der Waals surface area contributed by atoms with Crippen molar-refractivity contribution in [3.8, 4) is 0 Å². The third-order valence-corrected chi connectivity index (χ3v) is 3.10. The van der Waals surface area contributed by atoms with E-state index in [-0.39, 0.29) is 5.92 Å². The topological polar surface area (TPSA) is 46.1 Å². The maximum atomic E-state index is 10.5. The first kappa shape index (κ1) is 8.62. The Morgan fingerprint density at radius 2 is 2.31 bits per heavy atom. The first-order chi connectivity index (χ1) is 6.40. The minimum Gasteiger partial charge on any atom is -0.347 e. The molecule has 1 aliphatic heterocycles. The number of nitrogens with zero attached hydrogens (tertiary/aromatic N) is 3. The van der Waals surface area contributed by atoms with Gasteiger partial charge in [-0.05, 0) is 12.8 Å². The number of aldehydes is 1. The summed E-state index contributed by atoms with van der Waals surface area (Å²) in [6, 6.07) is 0. The molecule has 5 heteroatoms. The van der Waals surface area contributed by atoms with E-state index in [0.29, 0.717) is 0 Å². The SMILES string of the molecule is O=CC1CCN(c2nncs2)CC1. The minimum absolute atomic E-state index is 0.254. The lowest BCUT2D eigenvalue weighted by Gasteiger charge is -2.28. The molecular weight excluding hydrogens is 186 g/mol. The van der Waals surface area contributed by atoms with E-state index < -0.39 is 0 Å². The number of aromatic nitrogens is 2. The molecule has 0 aliphatic carbocycles. The van der Waals surface area contributed by atoms with Gasteiger partial charge in [-0.25, -0.2) is 0 Å². The molecule has 1 aliphatic rings. The van der Waals surface area contributed by atoms with Gasteiger partial charge in [-0.2, -0.15) is 0 Å². The van der Waals surface area contributed by atoms with Crippen LogP contribution in [0.25, 0.3) is 0 Å². The first-order valence-corrected chi connectivity index (χ1v) is 5.24. The molecular formula is C8H11N3OS. The summed E-state index contributed by atoms with van der Waals surface area (Å²) in [7, 11) is 0. The normalized spacial score (nSPS) is 18.9. The zero-order valence-electron chi connectivity index (χ0n) is 7.22. The van der Waals surface area contributed by atoms with Gasteiger partial charge in [0.05, 0.1) is 0 Å². The Balaban J connectivity index is 1.95. The minimum atomic E-state index is 0.254. The molecule has 0 N–H and O–H groups in total. The summed E-state index contributed by atoms with van der Waals surface area (Å²) in [6.45, 7) is 1.86. The van der Waals surface area contributed by atoms with Gasteiger partial charge in [0.2, 0.25) is 5.13 Å². The van der Waals surface area contributed by atoms with E-state index >= 15 is 0 Å². The van der Waals surface area contributed by atoms with Crippen LogP contribution in [0.4, 0.5) is 5.13 Å². The Hall–Kier alpha value is -0.970. The second-order valence-electron chi connectivity index (χ2n) is 3.18. The van der Waals surface area contributed by atoms with E-state index in [2.05, 4.69) is 15.1 Å². The van der Waals surface area contributed by atoms with Gasteiger partial charge in [0.15, 0.2) is 0 Å². The van der Waals surface area contributed by atoms with Crippen LogP contribution in [-0.4, -0.2) is 29.6 Å². The monoisotopic (exact) mass is 197 g/mol. The molecule has 0 spiro atoms. The smallest absolute Gasteiger partial charge is 0.208 e. The van der Waals surface area contributed by atoms with Crippen molar-refractivity contribution in [2.24, 2.45) is 5.92 Å². The summed E-state index contributed by atoms with van der Waals surface area (Å²) in [5.74, 6) is 0.254. The third kappa shape index (κ3) is 1.85. The largest absolute Gasteiger partial charge is 0.347 e. The van der Waals surface area contributed by atoms with Crippen LogP contribution in [0, 0.1) is 5.92 Å². The van der Waals surface area contributed by atoms with Gasteiger partial charge >= 0.3 is 0 Å². The van der Waals surface area contributed by atoms with Crippen molar-refractivity contribution in [2.75, 3.05) is 18.0 Å². The highest BCUT2D eigenvalue weighted by atomic mass is 32.1. The predicted molar refractivity (Wildman–Crippen MR) is 50.9 cm³/mol. The van der Waals surface area contributed by atoms with Crippen molar-refractivity contribution in [1.82, 2.24) is 10.2 Å². The predicted octanol–water partition coefficient (Wildman–Crippen LogP) is 0.953. The molecule has 1 aromatic heterocycles. The van der Waals surface area contributed by atoms with Crippen LogP contribution >= 0.6 is 11.3 Å². The molecule has 13 heavy (non-hydrogen) atoms. The Labute approximate surface area is 80.6 Å². The van der Waals surface area contributed by atoms with Crippen molar-refractivity contribution in [2.45, 2.75) is 12.8 Å². The van der Waals surface area contributed by atoms with Crippen LogP contribution in [0.15, 0.2) is 5.51 Å². The Bertz CT molecular complexity index is 267. The molecule has 1 aromatic rings. The number of anilines is 1. The molecule has 0 bridgehead atoms. The van der Waals surface area contributed by atoms with Crippen molar-refractivity contribution < 1.29 is 4.79 Å². The van der Waals surface area contributed by atoms with Gasteiger partial charge in [0.1, 0.15) is 11.8 Å².